The molecule has 0 aliphatic carbocycles. The van der Waals surface area contributed by atoms with Crippen molar-refractivity contribution in [3.8, 4) is 0 Å². The first-order chi connectivity index (χ1) is 8.02. The van der Waals surface area contributed by atoms with Crippen molar-refractivity contribution in [1.82, 2.24) is 9.78 Å². The van der Waals surface area contributed by atoms with Gasteiger partial charge in [-0.3, -0.25) is 4.79 Å². The minimum absolute atomic E-state index is 0.191. The summed E-state index contributed by atoms with van der Waals surface area (Å²) in [6.07, 6.45) is 6.74. The fraction of sp³-hybridized carbons (Fsp3) is 0.167. The Bertz CT molecular complexity index is 532. The lowest BCUT2D eigenvalue weighted by Gasteiger charge is -2.15. The van der Waals surface area contributed by atoms with Crippen LogP contribution >= 0.6 is 31.9 Å². The second-order valence-corrected chi connectivity index (χ2v) is 4.99. The summed E-state index contributed by atoms with van der Waals surface area (Å²) in [6, 6.07) is -0.192. The Balaban J connectivity index is 3.31. The van der Waals surface area contributed by atoms with Crippen LogP contribution in [0.1, 0.15) is 13.0 Å². The van der Waals surface area contributed by atoms with Crippen molar-refractivity contribution in [3.05, 3.63) is 62.5 Å². The lowest BCUT2D eigenvalue weighted by Crippen LogP contribution is -2.27. The third kappa shape index (κ3) is 3.04. The van der Waals surface area contributed by atoms with Gasteiger partial charge in [0.05, 0.1) is 16.7 Å². The fourth-order valence-electron chi connectivity index (χ4n) is 1.36. The van der Waals surface area contributed by atoms with E-state index in [4.69, 9.17) is 0 Å². The lowest BCUT2D eigenvalue weighted by molar-refractivity contribution is 0.527. The molecular weight excluding hydrogens is 348 g/mol. The van der Waals surface area contributed by atoms with Gasteiger partial charge in [-0.1, -0.05) is 31.4 Å². The molecule has 0 radical (unpaired) electrons. The number of hydrogen-bond acceptors (Lipinski definition) is 2. The Labute approximate surface area is 117 Å². The summed E-state index contributed by atoms with van der Waals surface area (Å²) in [5.74, 6) is 0. The molecule has 1 heterocycles. The third-order valence-electron chi connectivity index (χ3n) is 2.30. The fourth-order valence-corrected chi connectivity index (χ4v) is 1.90. The average Bonchev–Trinajstić information content (AvgIpc) is 2.32. The van der Waals surface area contributed by atoms with Gasteiger partial charge in [0.2, 0.25) is 0 Å². The van der Waals surface area contributed by atoms with Gasteiger partial charge < -0.3 is 0 Å². The molecule has 0 saturated carbocycles. The standard InChI is InChI=1S/C12H12Br2N2O/c1-4-6-9(5-2)8(3)16-12(17)11(14)10(13)7-15-16/h4-8H,1-2H2,3H3/b9-6+. The predicted octanol–water partition coefficient (Wildman–Crippen LogP) is 3.63. The largest absolute Gasteiger partial charge is 0.282 e. The zero-order chi connectivity index (χ0) is 13.0. The molecule has 0 aliphatic heterocycles. The molecule has 0 aliphatic rings. The summed E-state index contributed by atoms with van der Waals surface area (Å²) in [7, 11) is 0. The second-order valence-electron chi connectivity index (χ2n) is 3.34. The van der Waals surface area contributed by atoms with Gasteiger partial charge in [-0.2, -0.15) is 5.10 Å². The zero-order valence-electron chi connectivity index (χ0n) is 9.36. The molecule has 0 spiro atoms. The average molecular weight is 360 g/mol. The Kier molecular flexibility index (Phi) is 5.08. The molecular formula is C12H12Br2N2O. The van der Waals surface area contributed by atoms with E-state index in [0.717, 1.165) is 5.57 Å². The van der Waals surface area contributed by atoms with E-state index >= 15 is 0 Å². The van der Waals surface area contributed by atoms with Crippen molar-refractivity contribution in [3.63, 3.8) is 0 Å². The molecule has 5 heteroatoms. The first kappa shape index (κ1) is 14.1. The predicted molar refractivity (Wildman–Crippen MR) is 77.1 cm³/mol. The molecule has 0 amide bonds. The molecule has 0 N–H and O–H groups in total. The summed E-state index contributed by atoms with van der Waals surface area (Å²) in [4.78, 5) is 12.0. The van der Waals surface area contributed by atoms with Gasteiger partial charge in [-0.15, -0.1) is 0 Å². The van der Waals surface area contributed by atoms with Crippen molar-refractivity contribution in [1.29, 1.82) is 0 Å². The monoisotopic (exact) mass is 358 g/mol. The van der Waals surface area contributed by atoms with E-state index in [0.29, 0.717) is 8.95 Å². The van der Waals surface area contributed by atoms with Crippen molar-refractivity contribution >= 4 is 31.9 Å². The molecule has 0 fully saturated rings. The first-order valence-corrected chi connectivity index (χ1v) is 6.49. The molecule has 1 aromatic heterocycles. The Hall–Kier alpha value is -0.940. The summed E-state index contributed by atoms with van der Waals surface area (Å²) >= 11 is 6.46. The molecule has 0 bridgehead atoms. The Morgan fingerprint density at radius 3 is 2.71 bits per heavy atom. The SMILES string of the molecule is C=C/C=C(\C=C)C(C)n1ncc(Br)c(Br)c1=O. The van der Waals surface area contributed by atoms with Crippen molar-refractivity contribution in [2.24, 2.45) is 0 Å². The van der Waals surface area contributed by atoms with Gasteiger partial charge in [-0.25, -0.2) is 4.68 Å². The van der Waals surface area contributed by atoms with Crippen molar-refractivity contribution < 1.29 is 0 Å². The van der Waals surface area contributed by atoms with Crippen LogP contribution in [0.4, 0.5) is 0 Å². The van der Waals surface area contributed by atoms with Crippen LogP contribution in [0.3, 0.4) is 0 Å². The number of allylic oxidation sites excluding steroid dienone is 4. The zero-order valence-corrected chi connectivity index (χ0v) is 12.5. The highest BCUT2D eigenvalue weighted by Gasteiger charge is 2.14. The first-order valence-electron chi connectivity index (χ1n) is 4.90. The molecule has 17 heavy (non-hydrogen) atoms. The van der Waals surface area contributed by atoms with E-state index in [9.17, 15) is 4.79 Å². The van der Waals surface area contributed by atoms with Gasteiger partial charge in [0, 0.05) is 0 Å². The van der Waals surface area contributed by atoms with Gasteiger partial charge in [0.25, 0.3) is 5.56 Å². The highest BCUT2D eigenvalue weighted by Crippen LogP contribution is 2.20. The van der Waals surface area contributed by atoms with E-state index in [1.165, 1.54) is 4.68 Å². The molecule has 0 saturated heterocycles. The summed E-state index contributed by atoms with van der Waals surface area (Å²) in [5, 5.41) is 4.09. The van der Waals surface area contributed by atoms with E-state index in [-0.39, 0.29) is 11.6 Å². The number of nitrogens with zero attached hydrogens (tertiary/aromatic N) is 2. The van der Waals surface area contributed by atoms with E-state index in [1.54, 1.807) is 18.3 Å². The van der Waals surface area contributed by atoms with Crippen molar-refractivity contribution in [2.75, 3.05) is 0 Å². The third-order valence-corrected chi connectivity index (χ3v) is 4.20. The minimum atomic E-state index is -0.192. The van der Waals surface area contributed by atoms with Crippen LogP contribution in [-0.4, -0.2) is 9.78 Å². The summed E-state index contributed by atoms with van der Waals surface area (Å²) < 4.78 is 2.49. The number of rotatable bonds is 4. The van der Waals surface area contributed by atoms with E-state index < -0.39 is 0 Å². The van der Waals surface area contributed by atoms with Gasteiger partial charge in [-0.05, 0) is 44.4 Å². The lowest BCUT2D eigenvalue weighted by atomic mass is 10.1. The molecule has 1 atom stereocenters. The van der Waals surface area contributed by atoms with Gasteiger partial charge >= 0.3 is 0 Å². The highest BCUT2D eigenvalue weighted by atomic mass is 79.9. The number of hydrogen-bond donors (Lipinski definition) is 0. The van der Waals surface area contributed by atoms with Crippen molar-refractivity contribution in [2.45, 2.75) is 13.0 Å². The van der Waals surface area contributed by atoms with E-state index in [1.807, 2.05) is 13.0 Å². The van der Waals surface area contributed by atoms with Gasteiger partial charge in [0.1, 0.15) is 4.47 Å². The maximum Gasteiger partial charge on any atom is 0.282 e. The van der Waals surface area contributed by atoms with Crippen LogP contribution in [0.25, 0.3) is 0 Å². The molecule has 90 valence electrons. The van der Waals surface area contributed by atoms with Crippen LogP contribution in [0, 0.1) is 0 Å². The van der Waals surface area contributed by atoms with Crippen LogP contribution < -0.4 is 5.56 Å². The van der Waals surface area contributed by atoms with Crippen LogP contribution in [0.2, 0.25) is 0 Å². The van der Waals surface area contributed by atoms with Crippen LogP contribution in [0.15, 0.2) is 56.9 Å². The normalized spacial score (nSPS) is 13.2. The smallest absolute Gasteiger partial charge is 0.266 e. The topological polar surface area (TPSA) is 34.9 Å². The molecule has 1 unspecified atom stereocenters. The minimum Gasteiger partial charge on any atom is -0.266 e. The number of halogens is 2. The maximum atomic E-state index is 12.0. The van der Waals surface area contributed by atoms with Crippen LogP contribution in [0.5, 0.6) is 0 Å². The quantitative estimate of drug-likeness (QED) is 0.769. The summed E-state index contributed by atoms with van der Waals surface area (Å²) in [6.45, 7) is 9.23. The Morgan fingerprint density at radius 2 is 2.18 bits per heavy atom. The van der Waals surface area contributed by atoms with E-state index in [2.05, 4.69) is 50.1 Å². The molecule has 0 aromatic carbocycles. The molecule has 3 nitrogen and oxygen atoms in total. The highest BCUT2D eigenvalue weighted by molar-refractivity contribution is 9.13. The summed E-state index contributed by atoms with van der Waals surface area (Å²) in [5.41, 5.74) is 0.688. The molecule has 1 rings (SSSR count). The molecule has 1 aromatic rings. The van der Waals surface area contributed by atoms with Crippen LogP contribution in [-0.2, 0) is 0 Å². The second kappa shape index (κ2) is 6.12. The Morgan fingerprint density at radius 1 is 1.53 bits per heavy atom. The number of aromatic nitrogens is 2. The van der Waals surface area contributed by atoms with Gasteiger partial charge in [0.15, 0.2) is 0 Å². The maximum absolute atomic E-state index is 12.0.